The van der Waals surface area contributed by atoms with E-state index in [9.17, 15) is 19.5 Å². The Kier molecular flexibility index (Phi) is 5.49. The van der Waals surface area contributed by atoms with Gasteiger partial charge in [0.15, 0.2) is 5.43 Å². The quantitative estimate of drug-likeness (QED) is 0.440. The van der Waals surface area contributed by atoms with Crippen LogP contribution in [0.5, 0.6) is 11.5 Å². The number of fused-ring (bicyclic) bond motifs is 2. The van der Waals surface area contributed by atoms with Crippen LogP contribution in [0.2, 0.25) is 5.02 Å². The molecule has 4 aromatic rings. The van der Waals surface area contributed by atoms with Gasteiger partial charge in [0.2, 0.25) is 0 Å². The topological polar surface area (TPSA) is 98.7 Å². The Hall–Kier alpha value is -3.84. The van der Waals surface area contributed by atoms with E-state index in [1.165, 1.54) is 12.3 Å². The molecule has 1 aliphatic rings. The molecule has 1 aliphatic heterocycles. The standard InChI is InChI=1S/C26H20ClNO6/c1-14-10-22-24(26(32)28(14)9-8-15-2-5-17(29)6-3-15)18(12-23(30)34-22)20-13-33-21-7-4-16(27)11-19(21)25(20)31/h2-7,10-11,13,18,29H,8-9,12H2,1H3. The van der Waals surface area contributed by atoms with Crippen LogP contribution in [0.15, 0.2) is 68.8 Å². The van der Waals surface area contributed by atoms with Gasteiger partial charge in [-0.05, 0) is 49.2 Å². The molecule has 34 heavy (non-hydrogen) atoms. The zero-order chi connectivity index (χ0) is 24.0. The van der Waals surface area contributed by atoms with Gasteiger partial charge in [-0.15, -0.1) is 0 Å². The van der Waals surface area contributed by atoms with E-state index in [0.717, 1.165) is 5.56 Å². The molecule has 2 aromatic heterocycles. The van der Waals surface area contributed by atoms with Gasteiger partial charge >= 0.3 is 5.97 Å². The van der Waals surface area contributed by atoms with Crippen LogP contribution in [0.3, 0.4) is 0 Å². The largest absolute Gasteiger partial charge is 0.508 e. The number of aromatic nitrogens is 1. The van der Waals surface area contributed by atoms with E-state index in [4.69, 9.17) is 20.8 Å². The smallest absolute Gasteiger partial charge is 0.312 e. The second kappa shape index (κ2) is 8.50. The third-order valence-corrected chi connectivity index (χ3v) is 6.38. The lowest BCUT2D eigenvalue weighted by molar-refractivity contribution is -0.135. The van der Waals surface area contributed by atoms with Crippen molar-refractivity contribution in [2.45, 2.75) is 32.2 Å². The first-order valence-corrected chi connectivity index (χ1v) is 11.1. The van der Waals surface area contributed by atoms with Crippen molar-refractivity contribution < 1.29 is 19.1 Å². The maximum Gasteiger partial charge on any atom is 0.312 e. The van der Waals surface area contributed by atoms with Gasteiger partial charge in [0, 0.05) is 34.8 Å². The van der Waals surface area contributed by atoms with Gasteiger partial charge in [0.1, 0.15) is 17.1 Å². The molecule has 0 aliphatic carbocycles. The summed E-state index contributed by atoms with van der Waals surface area (Å²) < 4.78 is 12.6. The first kappa shape index (κ1) is 22.0. The monoisotopic (exact) mass is 477 g/mol. The predicted octanol–water partition coefficient (Wildman–Crippen LogP) is 4.31. The molecule has 1 N–H and O–H groups in total. The maximum absolute atomic E-state index is 13.6. The number of hydrogen-bond acceptors (Lipinski definition) is 6. The third kappa shape index (κ3) is 3.88. The summed E-state index contributed by atoms with van der Waals surface area (Å²) in [6.45, 7) is 2.15. The van der Waals surface area contributed by atoms with Gasteiger partial charge in [-0.2, -0.15) is 0 Å². The Morgan fingerprint density at radius 3 is 2.62 bits per heavy atom. The molecule has 0 fully saturated rings. The highest BCUT2D eigenvalue weighted by Gasteiger charge is 2.34. The number of benzene rings is 2. The average Bonchev–Trinajstić information content (AvgIpc) is 2.80. The molecule has 0 saturated carbocycles. The number of phenols is 1. The molecule has 5 rings (SSSR count). The highest BCUT2D eigenvalue weighted by Crippen LogP contribution is 2.36. The summed E-state index contributed by atoms with van der Waals surface area (Å²) in [6.07, 6.45) is 1.71. The number of nitrogens with zero attached hydrogens (tertiary/aromatic N) is 1. The summed E-state index contributed by atoms with van der Waals surface area (Å²) in [5.41, 5.74) is 1.75. The minimum absolute atomic E-state index is 0.153. The number of pyridine rings is 1. The highest BCUT2D eigenvalue weighted by atomic mass is 35.5. The maximum atomic E-state index is 13.6. The molecular formula is C26H20ClNO6. The Morgan fingerprint density at radius 2 is 1.85 bits per heavy atom. The lowest BCUT2D eigenvalue weighted by atomic mass is 9.87. The summed E-state index contributed by atoms with van der Waals surface area (Å²) >= 11 is 6.07. The lowest BCUT2D eigenvalue weighted by Crippen LogP contribution is -2.35. The lowest BCUT2D eigenvalue weighted by Gasteiger charge is -2.25. The zero-order valence-electron chi connectivity index (χ0n) is 18.2. The van der Waals surface area contributed by atoms with Crippen molar-refractivity contribution >= 4 is 28.5 Å². The average molecular weight is 478 g/mol. The van der Waals surface area contributed by atoms with Crippen molar-refractivity contribution in [2.24, 2.45) is 0 Å². The molecular weight excluding hydrogens is 458 g/mol. The molecule has 3 heterocycles. The third-order valence-electron chi connectivity index (χ3n) is 6.15. The Morgan fingerprint density at radius 1 is 1.09 bits per heavy atom. The van der Waals surface area contributed by atoms with Crippen molar-refractivity contribution in [1.29, 1.82) is 0 Å². The van der Waals surface area contributed by atoms with Crippen LogP contribution in [-0.2, 0) is 17.8 Å². The van der Waals surface area contributed by atoms with Crippen LogP contribution in [0, 0.1) is 6.92 Å². The fourth-order valence-corrected chi connectivity index (χ4v) is 4.57. The van der Waals surface area contributed by atoms with E-state index < -0.39 is 11.9 Å². The Labute approximate surface area is 198 Å². The molecule has 7 nitrogen and oxygen atoms in total. The van der Waals surface area contributed by atoms with E-state index in [-0.39, 0.29) is 45.4 Å². The van der Waals surface area contributed by atoms with Gasteiger partial charge in [0.25, 0.3) is 5.56 Å². The summed E-state index contributed by atoms with van der Waals surface area (Å²) in [7, 11) is 0. The fraction of sp³-hybridized carbons (Fsp3) is 0.192. The summed E-state index contributed by atoms with van der Waals surface area (Å²) in [6, 6.07) is 13.2. The number of carbonyl (C=O) groups is 1. The minimum atomic E-state index is -0.802. The van der Waals surface area contributed by atoms with Crippen molar-refractivity contribution in [3.05, 3.63) is 103 Å². The number of esters is 1. The molecule has 0 radical (unpaired) electrons. The molecule has 0 bridgehead atoms. The Bertz CT molecular complexity index is 1550. The number of aromatic hydroxyl groups is 1. The normalized spacial score (nSPS) is 15.2. The van der Waals surface area contributed by atoms with Crippen molar-refractivity contribution in [3.8, 4) is 11.5 Å². The van der Waals surface area contributed by atoms with Gasteiger partial charge in [-0.25, -0.2) is 0 Å². The number of carbonyl (C=O) groups excluding carboxylic acids is 1. The van der Waals surface area contributed by atoms with E-state index in [2.05, 4.69) is 0 Å². The minimum Gasteiger partial charge on any atom is -0.508 e. The molecule has 8 heteroatoms. The van der Waals surface area contributed by atoms with Crippen molar-refractivity contribution in [2.75, 3.05) is 0 Å². The SMILES string of the molecule is Cc1cc2c(c(=O)n1CCc1ccc(O)cc1)C(c1coc3ccc(Cl)cc3c1=O)CC(=O)O2. The number of rotatable bonds is 4. The van der Waals surface area contributed by atoms with Gasteiger partial charge in [-0.1, -0.05) is 23.7 Å². The molecule has 172 valence electrons. The fourth-order valence-electron chi connectivity index (χ4n) is 4.40. The number of hydrogen-bond donors (Lipinski definition) is 1. The van der Waals surface area contributed by atoms with Crippen LogP contribution >= 0.6 is 11.6 Å². The summed E-state index contributed by atoms with van der Waals surface area (Å²) in [5, 5.41) is 10.2. The van der Waals surface area contributed by atoms with E-state index in [1.54, 1.807) is 54.0 Å². The van der Waals surface area contributed by atoms with Gasteiger partial charge in [-0.3, -0.25) is 14.4 Å². The van der Waals surface area contributed by atoms with Crippen molar-refractivity contribution in [3.63, 3.8) is 0 Å². The van der Waals surface area contributed by atoms with Crippen molar-refractivity contribution in [1.82, 2.24) is 4.57 Å². The highest BCUT2D eigenvalue weighted by molar-refractivity contribution is 6.31. The van der Waals surface area contributed by atoms with Crippen LogP contribution in [-0.4, -0.2) is 15.6 Å². The van der Waals surface area contributed by atoms with E-state index in [0.29, 0.717) is 29.3 Å². The number of phenolic OH excluding ortho intramolecular Hbond substituents is 1. The molecule has 0 spiro atoms. The second-order valence-corrected chi connectivity index (χ2v) is 8.76. The molecule has 1 atom stereocenters. The number of aryl methyl sites for hydroxylation is 2. The predicted molar refractivity (Wildman–Crippen MR) is 127 cm³/mol. The first-order chi connectivity index (χ1) is 16.3. The molecule has 0 amide bonds. The van der Waals surface area contributed by atoms with Crippen LogP contribution in [0.25, 0.3) is 11.0 Å². The first-order valence-electron chi connectivity index (χ1n) is 10.8. The van der Waals surface area contributed by atoms with E-state index >= 15 is 0 Å². The molecule has 0 saturated heterocycles. The second-order valence-electron chi connectivity index (χ2n) is 8.33. The molecule has 1 unspecified atom stereocenters. The van der Waals surface area contributed by atoms with Crippen LogP contribution in [0.4, 0.5) is 0 Å². The van der Waals surface area contributed by atoms with Gasteiger partial charge < -0.3 is 18.8 Å². The number of ether oxygens (including phenoxy) is 1. The summed E-state index contributed by atoms with van der Waals surface area (Å²) in [4.78, 5) is 39.3. The van der Waals surface area contributed by atoms with Crippen LogP contribution in [0.1, 0.15) is 34.7 Å². The van der Waals surface area contributed by atoms with Crippen LogP contribution < -0.4 is 15.7 Å². The zero-order valence-corrected chi connectivity index (χ0v) is 19.0. The Balaban J connectivity index is 1.61. The van der Waals surface area contributed by atoms with Gasteiger partial charge in [0.05, 0.1) is 23.6 Å². The summed E-state index contributed by atoms with van der Waals surface area (Å²) in [5.74, 6) is -0.992. The number of halogens is 1. The van der Waals surface area contributed by atoms with E-state index in [1.807, 2.05) is 0 Å². The molecule has 2 aromatic carbocycles.